The van der Waals surface area contributed by atoms with Gasteiger partial charge in [-0.2, -0.15) is 0 Å². The Morgan fingerprint density at radius 3 is 2.75 bits per heavy atom. The summed E-state index contributed by atoms with van der Waals surface area (Å²) in [7, 11) is 0. The summed E-state index contributed by atoms with van der Waals surface area (Å²) in [6, 6.07) is 2.98. The molecule has 3 nitrogen and oxygen atoms in total. The quantitative estimate of drug-likeness (QED) is 0.819. The van der Waals surface area contributed by atoms with Gasteiger partial charge in [0.2, 0.25) is 0 Å². The fraction of sp³-hybridized carbons (Fsp3) is 0.455. The highest BCUT2D eigenvalue weighted by molar-refractivity contribution is 9.10. The van der Waals surface area contributed by atoms with Crippen molar-refractivity contribution in [1.29, 1.82) is 0 Å². The third-order valence-corrected chi connectivity index (χ3v) is 2.99. The molecular formula is C11H16BrFN2O. The molecule has 0 saturated carbocycles. The van der Waals surface area contributed by atoms with Crippen molar-refractivity contribution in [3.8, 4) is 0 Å². The van der Waals surface area contributed by atoms with Gasteiger partial charge in [-0.25, -0.2) is 4.39 Å². The second-order valence-electron chi connectivity index (χ2n) is 3.48. The van der Waals surface area contributed by atoms with Crippen LogP contribution in [0, 0.1) is 5.82 Å². The van der Waals surface area contributed by atoms with Gasteiger partial charge in [0.25, 0.3) is 0 Å². The average molecular weight is 291 g/mol. The Labute approximate surface area is 103 Å². The molecule has 0 amide bonds. The first-order valence-corrected chi connectivity index (χ1v) is 5.99. The smallest absolute Gasteiger partial charge is 0.139 e. The first-order chi connectivity index (χ1) is 7.60. The molecule has 3 N–H and O–H groups in total. The van der Waals surface area contributed by atoms with Crippen LogP contribution in [0.3, 0.4) is 0 Å². The van der Waals surface area contributed by atoms with Crippen LogP contribution in [0.15, 0.2) is 16.6 Å². The third-order valence-electron chi connectivity index (χ3n) is 2.38. The van der Waals surface area contributed by atoms with Crippen molar-refractivity contribution in [2.24, 2.45) is 0 Å². The molecule has 0 aliphatic carbocycles. The Hall–Kier alpha value is -0.810. The van der Waals surface area contributed by atoms with E-state index in [4.69, 9.17) is 10.8 Å². The highest BCUT2D eigenvalue weighted by atomic mass is 79.9. The number of hydrogen-bond acceptors (Lipinski definition) is 3. The normalized spacial score (nSPS) is 10.5. The van der Waals surface area contributed by atoms with Gasteiger partial charge in [-0.05, 0) is 35.3 Å². The summed E-state index contributed by atoms with van der Waals surface area (Å²) >= 11 is 3.14. The number of benzene rings is 1. The first kappa shape index (κ1) is 13.3. The number of nitrogen functional groups attached to an aromatic ring is 1. The number of aliphatic hydroxyl groups excluding tert-OH is 1. The second kappa shape index (κ2) is 6.06. The minimum absolute atomic E-state index is 0.138. The largest absolute Gasteiger partial charge is 0.397 e. The Bertz CT molecular complexity index is 360. The van der Waals surface area contributed by atoms with Gasteiger partial charge in [0, 0.05) is 25.8 Å². The van der Waals surface area contributed by atoms with E-state index in [1.54, 1.807) is 6.07 Å². The maximum atomic E-state index is 13.2. The van der Waals surface area contributed by atoms with Gasteiger partial charge in [0.1, 0.15) is 5.82 Å². The highest BCUT2D eigenvalue weighted by Gasteiger charge is 2.11. The Morgan fingerprint density at radius 2 is 2.19 bits per heavy atom. The summed E-state index contributed by atoms with van der Waals surface area (Å²) < 4.78 is 13.6. The van der Waals surface area contributed by atoms with Crippen LogP contribution in [0.2, 0.25) is 0 Å². The van der Waals surface area contributed by atoms with Gasteiger partial charge < -0.3 is 15.7 Å². The number of aliphatic hydroxyl groups is 1. The molecule has 0 aliphatic heterocycles. The Morgan fingerprint density at radius 1 is 1.50 bits per heavy atom. The van der Waals surface area contributed by atoms with E-state index >= 15 is 0 Å². The van der Waals surface area contributed by atoms with E-state index < -0.39 is 0 Å². The summed E-state index contributed by atoms with van der Waals surface area (Å²) in [6.45, 7) is 3.60. The van der Waals surface area contributed by atoms with Gasteiger partial charge in [-0.3, -0.25) is 0 Å². The fourth-order valence-electron chi connectivity index (χ4n) is 1.54. The zero-order valence-electron chi connectivity index (χ0n) is 9.21. The van der Waals surface area contributed by atoms with Crippen LogP contribution in [0.4, 0.5) is 15.8 Å². The van der Waals surface area contributed by atoms with Crippen LogP contribution in [-0.2, 0) is 0 Å². The van der Waals surface area contributed by atoms with Crippen molar-refractivity contribution in [3.05, 3.63) is 22.4 Å². The molecule has 0 radical (unpaired) electrons. The van der Waals surface area contributed by atoms with Gasteiger partial charge in [-0.1, -0.05) is 0 Å². The average Bonchev–Trinajstić information content (AvgIpc) is 2.26. The molecule has 90 valence electrons. The van der Waals surface area contributed by atoms with E-state index in [9.17, 15) is 4.39 Å². The summed E-state index contributed by atoms with van der Waals surface area (Å²) in [5.74, 6) is -0.362. The topological polar surface area (TPSA) is 49.5 Å². The number of nitrogens with zero attached hydrogens (tertiary/aromatic N) is 1. The lowest BCUT2D eigenvalue weighted by molar-refractivity contribution is 0.289. The molecule has 16 heavy (non-hydrogen) atoms. The lowest BCUT2D eigenvalue weighted by atomic mass is 10.2. The summed E-state index contributed by atoms with van der Waals surface area (Å²) in [6.07, 6.45) is 0.669. The zero-order valence-corrected chi connectivity index (χ0v) is 10.8. The molecule has 0 aliphatic rings. The minimum atomic E-state index is -0.362. The van der Waals surface area contributed by atoms with Crippen LogP contribution >= 0.6 is 15.9 Å². The standard InChI is InChI=1S/C11H16BrFN2O/c1-2-15(4-3-5-16)11-6-8(12)9(13)7-10(11)14/h6-7,16H,2-5,14H2,1H3. The van der Waals surface area contributed by atoms with Crippen molar-refractivity contribution in [3.63, 3.8) is 0 Å². The molecule has 0 aromatic heterocycles. The van der Waals surface area contributed by atoms with Crippen molar-refractivity contribution in [2.75, 3.05) is 30.3 Å². The van der Waals surface area contributed by atoms with E-state index in [1.165, 1.54) is 6.07 Å². The molecule has 0 heterocycles. The fourth-order valence-corrected chi connectivity index (χ4v) is 1.87. The number of rotatable bonds is 5. The third kappa shape index (κ3) is 3.09. The molecule has 0 spiro atoms. The Kier molecular flexibility index (Phi) is 5.02. The first-order valence-electron chi connectivity index (χ1n) is 5.20. The SMILES string of the molecule is CCN(CCCO)c1cc(Br)c(F)cc1N. The maximum Gasteiger partial charge on any atom is 0.139 e. The van der Waals surface area contributed by atoms with Crippen LogP contribution in [-0.4, -0.2) is 24.8 Å². The highest BCUT2D eigenvalue weighted by Crippen LogP contribution is 2.29. The summed E-state index contributed by atoms with van der Waals surface area (Å²) in [4.78, 5) is 2.01. The van der Waals surface area contributed by atoms with Gasteiger partial charge in [0.15, 0.2) is 0 Å². The minimum Gasteiger partial charge on any atom is -0.397 e. The van der Waals surface area contributed by atoms with Crippen LogP contribution in [0.5, 0.6) is 0 Å². The molecule has 0 unspecified atom stereocenters. The zero-order chi connectivity index (χ0) is 12.1. The monoisotopic (exact) mass is 290 g/mol. The van der Waals surface area contributed by atoms with E-state index in [-0.39, 0.29) is 12.4 Å². The predicted molar refractivity (Wildman–Crippen MR) is 68.1 cm³/mol. The predicted octanol–water partition coefficient (Wildman–Crippen LogP) is 2.38. The van der Waals surface area contributed by atoms with Crippen molar-refractivity contribution < 1.29 is 9.50 Å². The lowest BCUT2D eigenvalue weighted by Gasteiger charge is -2.24. The summed E-state index contributed by atoms with van der Waals surface area (Å²) in [5.41, 5.74) is 6.99. The maximum absolute atomic E-state index is 13.2. The van der Waals surface area contributed by atoms with E-state index in [0.29, 0.717) is 23.1 Å². The van der Waals surface area contributed by atoms with Crippen molar-refractivity contribution in [1.82, 2.24) is 0 Å². The molecule has 0 fully saturated rings. The second-order valence-corrected chi connectivity index (χ2v) is 4.34. The van der Waals surface area contributed by atoms with Crippen LogP contribution in [0.1, 0.15) is 13.3 Å². The number of nitrogens with two attached hydrogens (primary N) is 1. The van der Waals surface area contributed by atoms with Gasteiger partial charge in [0.05, 0.1) is 15.8 Å². The van der Waals surface area contributed by atoms with E-state index in [1.807, 2.05) is 11.8 Å². The molecule has 0 bridgehead atoms. The van der Waals surface area contributed by atoms with Crippen molar-refractivity contribution in [2.45, 2.75) is 13.3 Å². The van der Waals surface area contributed by atoms with Crippen LogP contribution in [0.25, 0.3) is 0 Å². The number of anilines is 2. The molecule has 1 rings (SSSR count). The molecule has 5 heteroatoms. The number of halogens is 2. The lowest BCUT2D eigenvalue weighted by Crippen LogP contribution is -2.25. The number of hydrogen-bond donors (Lipinski definition) is 2. The van der Waals surface area contributed by atoms with E-state index in [2.05, 4.69) is 15.9 Å². The molecular weight excluding hydrogens is 275 g/mol. The van der Waals surface area contributed by atoms with Gasteiger partial charge in [-0.15, -0.1) is 0 Å². The molecule has 1 aromatic carbocycles. The van der Waals surface area contributed by atoms with E-state index in [0.717, 1.165) is 12.2 Å². The molecule has 1 aromatic rings. The molecule has 0 saturated heterocycles. The van der Waals surface area contributed by atoms with Crippen LogP contribution < -0.4 is 10.6 Å². The molecule has 0 atom stereocenters. The summed E-state index contributed by atoms with van der Waals surface area (Å²) in [5, 5.41) is 8.80. The van der Waals surface area contributed by atoms with Crippen molar-refractivity contribution >= 4 is 27.3 Å². The van der Waals surface area contributed by atoms with Gasteiger partial charge >= 0.3 is 0 Å². The Balaban J connectivity index is 2.95.